The third-order valence-electron chi connectivity index (χ3n) is 4.29. The zero-order valence-electron chi connectivity index (χ0n) is 15.1. The summed E-state index contributed by atoms with van der Waals surface area (Å²) in [7, 11) is -2.09. The molecular formula is C16H27NO7S. The average molecular weight is 377 g/mol. The Balaban J connectivity index is 2.01. The lowest BCUT2D eigenvalue weighted by molar-refractivity contribution is -0.193. The molecule has 1 amide bonds. The molecule has 0 bridgehead atoms. The first-order valence-electron chi connectivity index (χ1n) is 8.22. The van der Waals surface area contributed by atoms with Crippen molar-refractivity contribution in [1.29, 1.82) is 0 Å². The van der Waals surface area contributed by atoms with E-state index in [-0.39, 0.29) is 18.1 Å². The Labute approximate surface area is 149 Å². The maximum Gasteiger partial charge on any atom is 0.264 e. The van der Waals surface area contributed by atoms with Crippen molar-refractivity contribution < 1.29 is 31.6 Å². The van der Waals surface area contributed by atoms with Crippen molar-refractivity contribution in [1.82, 2.24) is 4.90 Å². The van der Waals surface area contributed by atoms with Gasteiger partial charge in [0.05, 0.1) is 25.0 Å². The number of methoxy groups -OCH3 is 1. The van der Waals surface area contributed by atoms with Gasteiger partial charge in [0.15, 0.2) is 11.9 Å². The van der Waals surface area contributed by atoms with Gasteiger partial charge in [-0.05, 0) is 26.7 Å². The molecule has 1 unspecified atom stereocenters. The Morgan fingerprint density at radius 1 is 1.48 bits per heavy atom. The molecule has 0 aromatic rings. The van der Waals surface area contributed by atoms with E-state index in [1.807, 2.05) is 13.8 Å². The number of rotatable bonds is 9. The number of likely N-dealkylation sites (tertiary alicyclic amines) is 1. The van der Waals surface area contributed by atoms with Crippen LogP contribution in [0.3, 0.4) is 0 Å². The molecule has 0 aromatic carbocycles. The minimum Gasteiger partial charge on any atom is -0.369 e. The van der Waals surface area contributed by atoms with Gasteiger partial charge in [0.1, 0.15) is 6.10 Å². The van der Waals surface area contributed by atoms with Crippen LogP contribution in [-0.4, -0.2) is 75.9 Å². The topological polar surface area (TPSA) is 91.4 Å². The van der Waals surface area contributed by atoms with Gasteiger partial charge in [-0.2, -0.15) is 8.42 Å². The summed E-state index contributed by atoms with van der Waals surface area (Å²) >= 11 is 0. The summed E-state index contributed by atoms with van der Waals surface area (Å²) in [6.45, 7) is 7.97. The van der Waals surface area contributed by atoms with E-state index in [4.69, 9.17) is 18.4 Å². The molecule has 2 heterocycles. The van der Waals surface area contributed by atoms with Gasteiger partial charge in [0.2, 0.25) is 0 Å². The number of nitrogens with zero attached hydrogens (tertiary/aromatic N) is 1. The minimum absolute atomic E-state index is 0.141. The van der Waals surface area contributed by atoms with Crippen LogP contribution in [0.1, 0.15) is 26.7 Å². The SMILES string of the molecule is C=CCC(CCN1C(=O)[C@H](OC)[C@@H]1[C@H]1COC(C)(C)O1)OS(C)(=O)=O. The Bertz CT molecular complexity index is 604. The molecule has 2 fully saturated rings. The van der Waals surface area contributed by atoms with E-state index >= 15 is 0 Å². The molecule has 0 saturated carbocycles. The molecule has 4 atom stereocenters. The summed E-state index contributed by atoms with van der Waals surface area (Å²) in [6, 6.07) is -0.262. The second kappa shape index (κ2) is 7.71. The number of carbonyl (C=O) groups is 1. The van der Waals surface area contributed by atoms with Crippen LogP contribution in [0.15, 0.2) is 12.7 Å². The van der Waals surface area contributed by atoms with E-state index in [0.717, 1.165) is 6.26 Å². The van der Waals surface area contributed by atoms with Crippen molar-refractivity contribution in [3.05, 3.63) is 12.7 Å². The van der Waals surface area contributed by atoms with Crippen LogP contribution in [0, 0.1) is 0 Å². The third-order valence-corrected chi connectivity index (χ3v) is 4.92. The van der Waals surface area contributed by atoms with Crippen molar-refractivity contribution >= 4 is 16.0 Å². The first-order valence-corrected chi connectivity index (χ1v) is 10.0. The molecule has 0 radical (unpaired) electrons. The third kappa shape index (κ3) is 5.01. The Kier molecular flexibility index (Phi) is 6.26. The van der Waals surface area contributed by atoms with E-state index in [9.17, 15) is 13.2 Å². The van der Waals surface area contributed by atoms with Gasteiger partial charge in [-0.3, -0.25) is 8.98 Å². The van der Waals surface area contributed by atoms with Crippen LogP contribution in [0.2, 0.25) is 0 Å². The van der Waals surface area contributed by atoms with Crippen molar-refractivity contribution in [2.45, 2.75) is 56.8 Å². The molecule has 0 aromatic heterocycles. The molecule has 9 heteroatoms. The van der Waals surface area contributed by atoms with E-state index in [0.29, 0.717) is 26.0 Å². The van der Waals surface area contributed by atoms with Crippen LogP contribution in [0.4, 0.5) is 0 Å². The molecule has 0 N–H and O–H groups in total. The fourth-order valence-electron chi connectivity index (χ4n) is 3.24. The number of hydrogen-bond acceptors (Lipinski definition) is 7. The van der Waals surface area contributed by atoms with Gasteiger partial charge < -0.3 is 19.1 Å². The predicted octanol–water partition coefficient (Wildman–Crippen LogP) is 0.675. The normalized spacial score (nSPS) is 30.2. The van der Waals surface area contributed by atoms with Crippen molar-refractivity contribution in [3.8, 4) is 0 Å². The van der Waals surface area contributed by atoms with E-state index < -0.39 is 28.1 Å². The fraction of sp³-hybridized carbons (Fsp3) is 0.812. The maximum atomic E-state index is 12.3. The number of amides is 1. The highest BCUT2D eigenvalue weighted by Crippen LogP contribution is 2.34. The van der Waals surface area contributed by atoms with Crippen molar-refractivity contribution in [2.24, 2.45) is 0 Å². The predicted molar refractivity (Wildman–Crippen MR) is 90.3 cm³/mol. The molecule has 2 aliphatic rings. The van der Waals surface area contributed by atoms with Crippen LogP contribution in [-0.2, 0) is 33.3 Å². The maximum absolute atomic E-state index is 12.3. The molecule has 8 nitrogen and oxygen atoms in total. The number of carbonyl (C=O) groups excluding carboxylic acids is 1. The lowest BCUT2D eigenvalue weighted by atomic mass is 9.92. The van der Waals surface area contributed by atoms with E-state index in [2.05, 4.69) is 6.58 Å². The van der Waals surface area contributed by atoms with Gasteiger partial charge in [-0.25, -0.2) is 0 Å². The van der Waals surface area contributed by atoms with Crippen molar-refractivity contribution in [2.75, 3.05) is 26.5 Å². The second-order valence-corrected chi connectivity index (χ2v) is 8.38. The van der Waals surface area contributed by atoms with Crippen LogP contribution in [0.25, 0.3) is 0 Å². The Hall–Kier alpha value is -1.00. The highest BCUT2D eigenvalue weighted by atomic mass is 32.2. The number of β-lactam (4-membered cyclic amide) rings is 1. The minimum atomic E-state index is -3.58. The first kappa shape index (κ1) is 20.3. The van der Waals surface area contributed by atoms with Gasteiger partial charge in [0.25, 0.3) is 16.0 Å². The summed E-state index contributed by atoms with van der Waals surface area (Å²) in [5, 5.41) is 0. The quantitative estimate of drug-likeness (QED) is 0.331. The molecule has 144 valence electrons. The summed E-state index contributed by atoms with van der Waals surface area (Å²) in [6.07, 6.45) is 1.94. The summed E-state index contributed by atoms with van der Waals surface area (Å²) < 4.78 is 44.5. The summed E-state index contributed by atoms with van der Waals surface area (Å²) in [4.78, 5) is 13.9. The number of ether oxygens (including phenoxy) is 3. The smallest absolute Gasteiger partial charge is 0.264 e. The lowest BCUT2D eigenvalue weighted by Crippen LogP contribution is -2.70. The Morgan fingerprint density at radius 2 is 2.16 bits per heavy atom. The monoisotopic (exact) mass is 377 g/mol. The van der Waals surface area contributed by atoms with Gasteiger partial charge >= 0.3 is 0 Å². The zero-order valence-corrected chi connectivity index (χ0v) is 16.0. The number of hydrogen-bond donors (Lipinski definition) is 0. The molecule has 2 saturated heterocycles. The molecule has 25 heavy (non-hydrogen) atoms. The first-order chi connectivity index (χ1) is 11.6. The van der Waals surface area contributed by atoms with Crippen LogP contribution in [0.5, 0.6) is 0 Å². The summed E-state index contributed by atoms with van der Waals surface area (Å²) in [5.41, 5.74) is 0. The largest absolute Gasteiger partial charge is 0.369 e. The van der Waals surface area contributed by atoms with E-state index in [1.165, 1.54) is 7.11 Å². The van der Waals surface area contributed by atoms with Gasteiger partial charge in [-0.1, -0.05) is 6.08 Å². The molecule has 0 spiro atoms. The molecule has 2 aliphatic heterocycles. The fourth-order valence-corrected chi connectivity index (χ4v) is 3.91. The van der Waals surface area contributed by atoms with Crippen molar-refractivity contribution in [3.63, 3.8) is 0 Å². The Morgan fingerprint density at radius 3 is 2.64 bits per heavy atom. The zero-order chi connectivity index (χ0) is 18.8. The molecule has 2 rings (SSSR count). The second-order valence-electron chi connectivity index (χ2n) is 6.78. The molecular weight excluding hydrogens is 350 g/mol. The average Bonchev–Trinajstić information content (AvgIpc) is 2.83. The van der Waals surface area contributed by atoms with E-state index in [1.54, 1.807) is 11.0 Å². The van der Waals surface area contributed by atoms with Crippen LogP contribution < -0.4 is 0 Å². The highest BCUT2D eigenvalue weighted by molar-refractivity contribution is 7.86. The highest BCUT2D eigenvalue weighted by Gasteiger charge is 2.54. The standard InChI is InChI=1S/C16H27NO7S/c1-6-7-11(24-25(5,19)20)8-9-17-13(14(21-4)15(17)18)12-10-22-16(2,3)23-12/h6,11-14H,1,7-10H2,2-5H3/t11?,12-,13+,14-/m1/s1. The summed E-state index contributed by atoms with van der Waals surface area (Å²) in [5.74, 6) is -0.838. The van der Waals surface area contributed by atoms with Crippen LogP contribution >= 0.6 is 0 Å². The van der Waals surface area contributed by atoms with Gasteiger partial charge in [0, 0.05) is 13.7 Å². The molecule has 0 aliphatic carbocycles. The lowest BCUT2D eigenvalue weighted by Gasteiger charge is -2.48. The van der Waals surface area contributed by atoms with Gasteiger partial charge in [-0.15, -0.1) is 6.58 Å².